The fraction of sp³-hybridized carbons (Fsp3) is 0.200. The van der Waals surface area contributed by atoms with E-state index in [1.165, 1.54) is 6.07 Å². The van der Waals surface area contributed by atoms with Crippen molar-refractivity contribution in [1.82, 2.24) is 29.7 Å². The maximum atomic E-state index is 13.2. The number of benzene rings is 3. The number of nitrogens with one attached hydrogen (secondary N) is 2. The maximum absolute atomic E-state index is 13.2. The van der Waals surface area contributed by atoms with Crippen LogP contribution in [0.2, 0.25) is 5.02 Å². The summed E-state index contributed by atoms with van der Waals surface area (Å²) in [6, 6.07) is 26.1. The number of aromatic nitrogens is 5. The molecule has 6 aromatic rings. The predicted molar refractivity (Wildman–Crippen MR) is 192 cm³/mol. The summed E-state index contributed by atoms with van der Waals surface area (Å²) in [5.41, 5.74) is 3.74. The first kappa shape index (κ1) is 33.4. The average molecular weight is 700 g/mol. The van der Waals surface area contributed by atoms with E-state index in [0.717, 1.165) is 43.0 Å². The summed E-state index contributed by atoms with van der Waals surface area (Å²) >= 11 is 9.34. The SMILES string of the molecule is CC(C)(C)c1cc(NC(=O)NCc2ccccc2Sc2ccc3nnc(-c4ccccc4SCCO)n3c2)n(-c2ccc(O)c(Cl)c2)n1. The van der Waals surface area contributed by atoms with Crippen molar-refractivity contribution in [3.63, 3.8) is 0 Å². The molecule has 0 saturated heterocycles. The van der Waals surface area contributed by atoms with Gasteiger partial charge in [0.25, 0.3) is 0 Å². The van der Waals surface area contributed by atoms with Gasteiger partial charge in [-0.2, -0.15) is 5.10 Å². The summed E-state index contributed by atoms with van der Waals surface area (Å²) in [6.07, 6.45) is 2.02. The van der Waals surface area contributed by atoms with E-state index in [2.05, 4.69) is 20.8 Å². The molecule has 0 aliphatic heterocycles. The van der Waals surface area contributed by atoms with Crippen LogP contribution in [0.5, 0.6) is 5.75 Å². The Morgan fingerprint density at radius 3 is 2.50 bits per heavy atom. The van der Waals surface area contributed by atoms with Gasteiger partial charge in [-0.1, -0.05) is 80.5 Å². The maximum Gasteiger partial charge on any atom is 0.320 e. The van der Waals surface area contributed by atoms with E-state index in [-0.39, 0.29) is 29.3 Å². The number of fused-ring (bicyclic) bond motifs is 1. The van der Waals surface area contributed by atoms with Crippen molar-refractivity contribution < 1.29 is 15.0 Å². The monoisotopic (exact) mass is 699 g/mol. The average Bonchev–Trinajstić information content (AvgIpc) is 3.69. The summed E-state index contributed by atoms with van der Waals surface area (Å²) in [6.45, 7) is 6.51. The van der Waals surface area contributed by atoms with E-state index >= 15 is 0 Å². The highest BCUT2D eigenvalue weighted by atomic mass is 35.5. The van der Waals surface area contributed by atoms with Crippen LogP contribution >= 0.6 is 35.1 Å². The number of carbonyl (C=O) groups excluding carboxylic acids is 1. The van der Waals surface area contributed by atoms with Gasteiger partial charge < -0.3 is 15.5 Å². The number of amides is 2. The summed E-state index contributed by atoms with van der Waals surface area (Å²) in [5, 5.41) is 39.0. The second-order valence-corrected chi connectivity index (χ2v) is 14.6. The number of carbonyl (C=O) groups is 1. The minimum atomic E-state index is -0.394. The Balaban J connectivity index is 1.20. The van der Waals surface area contributed by atoms with Crippen molar-refractivity contribution in [2.75, 3.05) is 17.7 Å². The van der Waals surface area contributed by atoms with E-state index in [0.29, 0.717) is 17.3 Å². The second-order valence-electron chi connectivity index (χ2n) is 11.9. The Hall–Kier alpha value is -4.49. The summed E-state index contributed by atoms with van der Waals surface area (Å²) in [7, 11) is 0. The first-order valence-electron chi connectivity index (χ1n) is 15.2. The molecule has 3 aromatic heterocycles. The minimum Gasteiger partial charge on any atom is -0.506 e. The number of halogens is 1. The molecule has 0 saturated carbocycles. The van der Waals surface area contributed by atoms with Crippen LogP contribution in [0.3, 0.4) is 0 Å². The molecule has 4 N–H and O–H groups in total. The van der Waals surface area contributed by atoms with Gasteiger partial charge >= 0.3 is 6.03 Å². The lowest BCUT2D eigenvalue weighted by Crippen LogP contribution is -2.29. The largest absolute Gasteiger partial charge is 0.506 e. The van der Waals surface area contributed by atoms with Crippen LogP contribution < -0.4 is 10.6 Å². The zero-order chi connectivity index (χ0) is 33.8. The predicted octanol–water partition coefficient (Wildman–Crippen LogP) is 7.80. The molecule has 10 nitrogen and oxygen atoms in total. The smallest absolute Gasteiger partial charge is 0.320 e. The standard InChI is InChI=1S/C35H34ClN7O3S2/c1-35(2,3)30-19-32(43(41-30)23-12-14-27(45)26(36)18-23)38-34(46)37-20-22-8-4-6-10-28(22)48-24-13-15-31-39-40-33(42(31)21-24)25-9-5-7-11-29(25)47-17-16-44/h4-15,18-19,21,44-45H,16-17,20H2,1-3H3,(H2,37,38,46). The van der Waals surface area contributed by atoms with Crippen molar-refractivity contribution in [2.24, 2.45) is 0 Å². The van der Waals surface area contributed by atoms with Crippen LogP contribution in [0.1, 0.15) is 32.0 Å². The van der Waals surface area contributed by atoms with Gasteiger partial charge in [0.15, 0.2) is 11.5 Å². The van der Waals surface area contributed by atoms with E-state index in [4.69, 9.17) is 16.7 Å². The highest BCUT2D eigenvalue weighted by Crippen LogP contribution is 2.34. The van der Waals surface area contributed by atoms with Gasteiger partial charge in [0, 0.05) is 50.2 Å². The molecule has 246 valence electrons. The van der Waals surface area contributed by atoms with Gasteiger partial charge in [-0.25, -0.2) is 9.48 Å². The number of rotatable bonds is 10. The quantitative estimate of drug-likeness (QED) is 0.107. The number of phenols is 1. The highest BCUT2D eigenvalue weighted by Gasteiger charge is 2.22. The van der Waals surface area contributed by atoms with E-state index < -0.39 is 6.03 Å². The number of phenolic OH excluding ortho intramolecular Hbond substituents is 1. The normalized spacial score (nSPS) is 11.6. The van der Waals surface area contributed by atoms with Gasteiger partial charge in [0.05, 0.1) is 23.0 Å². The Kier molecular flexibility index (Phi) is 9.97. The first-order chi connectivity index (χ1) is 23.1. The molecule has 0 bridgehead atoms. The van der Waals surface area contributed by atoms with Crippen molar-refractivity contribution in [3.05, 3.63) is 107 Å². The van der Waals surface area contributed by atoms with Crippen LogP contribution in [0.25, 0.3) is 22.7 Å². The van der Waals surface area contributed by atoms with E-state index in [1.807, 2.05) is 98.1 Å². The van der Waals surface area contributed by atoms with E-state index in [1.54, 1.807) is 40.3 Å². The molecule has 6 rings (SSSR count). The molecular formula is C35H34ClN7O3S2. The molecule has 48 heavy (non-hydrogen) atoms. The zero-order valence-corrected chi connectivity index (χ0v) is 28.9. The number of pyridine rings is 1. The number of urea groups is 1. The fourth-order valence-electron chi connectivity index (χ4n) is 4.92. The number of aromatic hydroxyl groups is 1. The van der Waals surface area contributed by atoms with Crippen LogP contribution in [0.4, 0.5) is 10.6 Å². The van der Waals surface area contributed by atoms with Gasteiger partial charge in [0.2, 0.25) is 0 Å². The number of aliphatic hydroxyl groups excluding tert-OH is 1. The lowest BCUT2D eigenvalue weighted by molar-refractivity contribution is 0.251. The number of thioether (sulfide) groups is 1. The molecule has 0 unspecified atom stereocenters. The number of anilines is 1. The Bertz CT molecular complexity index is 2090. The van der Waals surface area contributed by atoms with Crippen molar-refractivity contribution in [3.8, 4) is 22.8 Å². The Morgan fingerprint density at radius 2 is 1.73 bits per heavy atom. The summed E-state index contributed by atoms with van der Waals surface area (Å²) in [4.78, 5) is 16.2. The molecule has 13 heteroatoms. The van der Waals surface area contributed by atoms with Crippen molar-refractivity contribution >= 4 is 52.6 Å². The van der Waals surface area contributed by atoms with Crippen LogP contribution in [-0.4, -0.2) is 53.0 Å². The molecule has 0 fully saturated rings. The molecule has 2 amide bonds. The number of nitrogens with zero attached hydrogens (tertiary/aromatic N) is 5. The van der Waals surface area contributed by atoms with Crippen LogP contribution in [-0.2, 0) is 12.0 Å². The molecular weight excluding hydrogens is 666 g/mol. The van der Waals surface area contributed by atoms with Crippen LogP contribution in [0.15, 0.2) is 106 Å². The fourth-order valence-corrected chi connectivity index (χ4v) is 6.86. The van der Waals surface area contributed by atoms with Gasteiger partial charge in [-0.05, 0) is 48.0 Å². The Morgan fingerprint density at radius 1 is 0.958 bits per heavy atom. The lowest BCUT2D eigenvalue weighted by Gasteiger charge is -2.14. The van der Waals surface area contributed by atoms with E-state index in [9.17, 15) is 15.0 Å². The summed E-state index contributed by atoms with van der Waals surface area (Å²) < 4.78 is 3.58. The summed E-state index contributed by atoms with van der Waals surface area (Å²) in [5.74, 6) is 1.75. The lowest BCUT2D eigenvalue weighted by atomic mass is 9.92. The molecule has 0 atom stereocenters. The molecule has 0 spiro atoms. The third kappa shape index (κ3) is 7.47. The molecule has 0 radical (unpaired) electrons. The van der Waals surface area contributed by atoms with Gasteiger partial charge in [0.1, 0.15) is 11.6 Å². The van der Waals surface area contributed by atoms with Crippen molar-refractivity contribution in [1.29, 1.82) is 0 Å². The molecule has 3 aromatic carbocycles. The topological polar surface area (TPSA) is 130 Å². The third-order valence-corrected chi connectivity index (χ3v) is 9.84. The number of hydrogen-bond donors (Lipinski definition) is 4. The number of hydrogen-bond acceptors (Lipinski definition) is 8. The zero-order valence-electron chi connectivity index (χ0n) is 26.5. The highest BCUT2D eigenvalue weighted by molar-refractivity contribution is 7.99. The van der Waals surface area contributed by atoms with Crippen LogP contribution in [0, 0.1) is 0 Å². The number of aliphatic hydroxyl groups is 1. The second kappa shape index (κ2) is 14.3. The molecule has 3 heterocycles. The van der Waals surface area contributed by atoms with Gasteiger partial charge in [-0.15, -0.1) is 22.0 Å². The van der Waals surface area contributed by atoms with Crippen molar-refractivity contribution in [2.45, 2.75) is 47.4 Å². The van der Waals surface area contributed by atoms with Gasteiger partial charge in [-0.3, -0.25) is 9.72 Å². The Labute approximate surface area is 291 Å². The first-order valence-corrected chi connectivity index (χ1v) is 17.4. The molecule has 0 aliphatic carbocycles. The third-order valence-electron chi connectivity index (χ3n) is 7.39. The minimum absolute atomic E-state index is 0.0341. The molecule has 0 aliphatic rings.